The first kappa shape index (κ1) is 15.1. The number of urea groups is 1. The SMILES string of the molecule is COCCNC(=O)N(C)Cc1cnn(-c2ccccc2)c1. The summed E-state index contributed by atoms with van der Waals surface area (Å²) in [6.07, 6.45) is 3.69. The summed E-state index contributed by atoms with van der Waals surface area (Å²) in [5.74, 6) is 0. The predicted octanol–water partition coefficient (Wildman–Crippen LogP) is 1.66. The summed E-state index contributed by atoms with van der Waals surface area (Å²) in [7, 11) is 3.36. The second-order valence-corrected chi connectivity index (χ2v) is 4.71. The Labute approximate surface area is 124 Å². The van der Waals surface area contributed by atoms with E-state index in [-0.39, 0.29) is 6.03 Å². The molecule has 1 N–H and O–H groups in total. The molecule has 0 saturated carbocycles. The van der Waals surface area contributed by atoms with Crippen LogP contribution in [0.5, 0.6) is 0 Å². The Kier molecular flexibility index (Phi) is 5.34. The number of ether oxygens (including phenoxy) is 1. The van der Waals surface area contributed by atoms with E-state index in [1.54, 1.807) is 29.9 Å². The molecule has 1 heterocycles. The number of aromatic nitrogens is 2. The van der Waals surface area contributed by atoms with E-state index >= 15 is 0 Å². The number of carbonyl (C=O) groups is 1. The Morgan fingerprint density at radius 1 is 1.38 bits per heavy atom. The van der Waals surface area contributed by atoms with Crippen molar-refractivity contribution >= 4 is 6.03 Å². The number of benzene rings is 1. The van der Waals surface area contributed by atoms with E-state index in [1.807, 2.05) is 36.5 Å². The van der Waals surface area contributed by atoms with Gasteiger partial charge in [-0.1, -0.05) is 18.2 Å². The first-order chi connectivity index (χ1) is 10.2. The molecule has 2 amide bonds. The molecule has 0 fully saturated rings. The zero-order valence-corrected chi connectivity index (χ0v) is 12.3. The van der Waals surface area contributed by atoms with Crippen molar-refractivity contribution in [2.45, 2.75) is 6.54 Å². The highest BCUT2D eigenvalue weighted by Crippen LogP contribution is 2.09. The van der Waals surface area contributed by atoms with Gasteiger partial charge in [-0.05, 0) is 12.1 Å². The van der Waals surface area contributed by atoms with Crippen molar-refractivity contribution in [2.75, 3.05) is 27.3 Å². The van der Waals surface area contributed by atoms with Crippen LogP contribution in [0.15, 0.2) is 42.7 Å². The van der Waals surface area contributed by atoms with E-state index in [0.29, 0.717) is 19.7 Å². The molecular formula is C15H20N4O2. The standard InChI is InChI=1S/C15H20N4O2/c1-18(15(20)16-8-9-21-2)11-13-10-17-19(12-13)14-6-4-3-5-7-14/h3-7,10,12H,8-9,11H2,1-2H3,(H,16,20). The van der Waals surface area contributed by atoms with Gasteiger partial charge in [-0.15, -0.1) is 0 Å². The van der Waals surface area contributed by atoms with Crippen LogP contribution in [0.25, 0.3) is 5.69 Å². The largest absolute Gasteiger partial charge is 0.383 e. The lowest BCUT2D eigenvalue weighted by atomic mass is 10.3. The number of carbonyl (C=O) groups excluding carboxylic acids is 1. The molecule has 0 saturated heterocycles. The van der Waals surface area contributed by atoms with Crippen LogP contribution in [-0.4, -0.2) is 48.0 Å². The fourth-order valence-electron chi connectivity index (χ4n) is 1.90. The van der Waals surface area contributed by atoms with Crippen molar-refractivity contribution < 1.29 is 9.53 Å². The van der Waals surface area contributed by atoms with Crippen LogP contribution in [-0.2, 0) is 11.3 Å². The van der Waals surface area contributed by atoms with Gasteiger partial charge < -0.3 is 15.0 Å². The zero-order chi connectivity index (χ0) is 15.1. The van der Waals surface area contributed by atoms with E-state index in [0.717, 1.165) is 11.3 Å². The normalized spacial score (nSPS) is 10.4. The topological polar surface area (TPSA) is 59.4 Å². The molecule has 6 nitrogen and oxygen atoms in total. The first-order valence-electron chi connectivity index (χ1n) is 6.77. The lowest BCUT2D eigenvalue weighted by Gasteiger charge is -2.16. The molecule has 2 rings (SSSR count). The lowest BCUT2D eigenvalue weighted by Crippen LogP contribution is -2.38. The van der Waals surface area contributed by atoms with Crippen molar-refractivity contribution in [2.24, 2.45) is 0 Å². The average molecular weight is 288 g/mol. The number of nitrogens with one attached hydrogen (secondary N) is 1. The predicted molar refractivity (Wildman–Crippen MR) is 80.3 cm³/mol. The van der Waals surface area contributed by atoms with Crippen LogP contribution >= 0.6 is 0 Å². The maximum Gasteiger partial charge on any atom is 0.317 e. The van der Waals surface area contributed by atoms with Gasteiger partial charge in [-0.3, -0.25) is 0 Å². The highest BCUT2D eigenvalue weighted by atomic mass is 16.5. The molecule has 21 heavy (non-hydrogen) atoms. The first-order valence-corrected chi connectivity index (χ1v) is 6.77. The van der Waals surface area contributed by atoms with Gasteiger partial charge in [0, 0.05) is 32.5 Å². The minimum Gasteiger partial charge on any atom is -0.383 e. The smallest absolute Gasteiger partial charge is 0.317 e. The number of rotatable bonds is 6. The molecule has 112 valence electrons. The summed E-state index contributed by atoms with van der Waals surface area (Å²) >= 11 is 0. The van der Waals surface area contributed by atoms with Crippen LogP contribution in [0, 0.1) is 0 Å². The van der Waals surface area contributed by atoms with E-state index in [2.05, 4.69) is 10.4 Å². The fourth-order valence-corrected chi connectivity index (χ4v) is 1.90. The number of para-hydroxylation sites is 1. The van der Waals surface area contributed by atoms with Gasteiger partial charge in [0.15, 0.2) is 0 Å². The summed E-state index contributed by atoms with van der Waals surface area (Å²) in [5.41, 5.74) is 1.97. The summed E-state index contributed by atoms with van der Waals surface area (Å²) < 4.78 is 6.69. The van der Waals surface area contributed by atoms with Gasteiger partial charge in [0.2, 0.25) is 0 Å². The summed E-state index contributed by atoms with van der Waals surface area (Å²) in [5, 5.41) is 7.09. The van der Waals surface area contributed by atoms with Crippen molar-refractivity contribution in [1.29, 1.82) is 0 Å². The Morgan fingerprint density at radius 3 is 2.86 bits per heavy atom. The van der Waals surface area contributed by atoms with Gasteiger partial charge in [0.05, 0.1) is 25.0 Å². The van der Waals surface area contributed by atoms with Crippen LogP contribution < -0.4 is 5.32 Å². The van der Waals surface area contributed by atoms with Crippen LogP contribution in [0.2, 0.25) is 0 Å². The lowest BCUT2D eigenvalue weighted by molar-refractivity contribution is 0.184. The molecule has 1 aromatic heterocycles. The summed E-state index contributed by atoms with van der Waals surface area (Å²) in [4.78, 5) is 13.4. The molecule has 0 spiro atoms. The summed E-state index contributed by atoms with van der Waals surface area (Å²) in [6, 6.07) is 9.74. The minimum atomic E-state index is -0.125. The Morgan fingerprint density at radius 2 is 2.14 bits per heavy atom. The maximum atomic E-state index is 11.8. The number of methoxy groups -OCH3 is 1. The van der Waals surface area contributed by atoms with Gasteiger partial charge in [0.25, 0.3) is 0 Å². The number of nitrogens with zero attached hydrogens (tertiary/aromatic N) is 3. The molecule has 2 aromatic rings. The second-order valence-electron chi connectivity index (χ2n) is 4.71. The molecule has 0 atom stereocenters. The molecule has 0 aliphatic rings. The van der Waals surface area contributed by atoms with Crippen molar-refractivity contribution in [3.63, 3.8) is 0 Å². The molecule has 0 unspecified atom stereocenters. The molecule has 0 bridgehead atoms. The molecule has 0 aliphatic carbocycles. The molecule has 0 aliphatic heterocycles. The number of amides is 2. The second kappa shape index (κ2) is 7.44. The quantitative estimate of drug-likeness (QED) is 0.822. The van der Waals surface area contributed by atoms with Crippen molar-refractivity contribution in [3.05, 3.63) is 48.3 Å². The van der Waals surface area contributed by atoms with Crippen LogP contribution in [0.1, 0.15) is 5.56 Å². The maximum absolute atomic E-state index is 11.8. The summed E-state index contributed by atoms with van der Waals surface area (Å²) in [6.45, 7) is 1.51. The van der Waals surface area contributed by atoms with Crippen LogP contribution in [0.3, 0.4) is 0 Å². The highest BCUT2D eigenvalue weighted by molar-refractivity contribution is 5.73. The zero-order valence-electron chi connectivity index (χ0n) is 12.3. The van der Waals surface area contributed by atoms with Crippen LogP contribution in [0.4, 0.5) is 4.79 Å². The van der Waals surface area contributed by atoms with E-state index in [1.165, 1.54) is 0 Å². The van der Waals surface area contributed by atoms with Crippen molar-refractivity contribution in [1.82, 2.24) is 20.0 Å². The Balaban J connectivity index is 1.91. The molecular weight excluding hydrogens is 268 g/mol. The molecule has 6 heteroatoms. The minimum absolute atomic E-state index is 0.125. The number of hydrogen-bond acceptors (Lipinski definition) is 3. The monoisotopic (exact) mass is 288 g/mol. The third-order valence-electron chi connectivity index (χ3n) is 3.01. The van der Waals surface area contributed by atoms with Gasteiger partial charge >= 0.3 is 6.03 Å². The Bertz CT molecular complexity index is 568. The highest BCUT2D eigenvalue weighted by Gasteiger charge is 2.09. The van der Waals surface area contributed by atoms with Crippen molar-refractivity contribution in [3.8, 4) is 5.69 Å². The molecule has 0 radical (unpaired) electrons. The van der Waals surface area contributed by atoms with E-state index in [4.69, 9.17) is 4.74 Å². The molecule has 1 aromatic carbocycles. The van der Waals surface area contributed by atoms with Gasteiger partial charge in [-0.2, -0.15) is 5.10 Å². The third kappa shape index (κ3) is 4.32. The Hall–Kier alpha value is -2.34. The average Bonchev–Trinajstić information content (AvgIpc) is 2.97. The van der Waals surface area contributed by atoms with Gasteiger partial charge in [-0.25, -0.2) is 9.48 Å². The third-order valence-corrected chi connectivity index (χ3v) is 3.01. The number of hydrogen-bond donors (Lipinski definition) is 1. The van der Waals surface area contributed by atoms with Gasteiger partial charge in [0.1, 0.15) is 0 Å². The van der Waals surface area contributed by atoms with E-state index < -0.39 is 0 Å². The fraction of sp³-hybridized carbons (Fsp3) is 0.333. The van der Waals surface area contributed by atoms with E-state index in [9.17, 15) is 4.79 Å².